The van der Waals surface area contributed by atoms with Crippen molar-refractivity contribution in [2.45, 2.75) is 18.9 Å². The third kappa shape index (κ3) is 3.10. The molecule has 4 rings (SSSR count). The standard InChI is InChI=1S/C19H16FN3O2/c20-13-7-5-12(6-8-13)11-25-17-4-2-1-3-14(17)15-9-18(24)22-19-16(15)10-21-23-19/h1-8,10,15H,9,11H2,(H2,21,22,23,24). The van der Waals surface area contributed by atoms with Crippen molar-refractivity contribution in [2.75, 3.05) is 5.32 Å². The van der Waals surface area contributed by atoms with Crippen LogP contribution in [-0.4, -0.2) is 16.1 Å². The van der Waals surface area contributed by atoms with Crippen LogP contribution in [0.3, 0.4) is 0 Å². The van der Waals surface area contributed by atoms with Gasteiger partial charge in [0.15, 0.2) is 0 Å². The van der Waals surface area contributed by atoms with E-state index < -0.39 is 0 Å². The first-order valence-corrected chi connectivity index (χ1v) is 8.00. The Kier molecular flexibility index (Phi) is 3.93. The Morgan fingerprint density at radius 2 is 1.92 bits per heavy atom. The Hall–Kier alpha value is -3.15. The average Bonchev–Trinajstić information content (AvgIpc) is 3.09. The summed E-state index contributed by atoms with van der Waals surface area (Å²) in [6.07, 6.45) is 2.07. The lowest BCUT2D eigenvalue weighted by Crippen LogP contribution is -2.23. The van der Waals surface area contributed by atoms with Crippen molar-refractivity contribution in [3.05, 3.63) is 77.2 Å². The van der Waals surface area contributed by atoms with Crippen molar-refractivity contribution >= 4 is 11.7 Å². The van der Waals surface area contributed by atoms with Crippen LogP contribution in [0.1, 0.15) is 29.0 Å². The molecule has 1 unspecified atom stereocenters. The third-order valence-corrected chi connectivity index (χ3v) is 4.30. The van der Waals surface area contributed by atoms with Crippen LogP contribution in [0, 0.1) is 5.82 Å². The number of para-hydroxylation sites is 1. The van der Waals surface area contributed by atoms with Crippen LogP contribution in [0.15, 0.2) is 54.7 Å². The highest BCUT2D eigenvalue weighted by molar-refractivity contribution is 5.94. The predicted molar refractivity (Wildman–Crippen MR) is 90.9 cm³/mol. The molecule has 25 heavy (non-hydrogen) atoms. The van der Waals surface area contributed by atoms with E-state index >= 15 is 0 Å². The lowest BCUT2D eigenvalue weighted by atomic mass is 9.87. The summed E-state index contributed by atoms with van der Waals surface area (Å²) in [7, 11) is 0. The van der Waals surface area contributed by atoms with E-state index in [1.54, 1.807) is 18.3 Å². The van der Waals surface area contributed by atoms with Crippen LogP contribution < -0.4 is 10.1 Å². The van der Waals surface area contributed by atoms with E-state index in [-0.39, 0.29) is 17.6 Å². The molecule has 2 aromatic carbocycles. The van der Waals surface area contributed by atoms with Crippen molar-refractivity contribution < 1.29 is 13.9 Å². The van der Waals surface area contributed by atoms with Crippen molar-refractivity contribution in [1.82, 2.24) is 10.2 Å². The van der Waals surface area contributed by atoms with Gasteiger partial charge in [-0.2, -0.15) is 5.10 Å². The van der Waals surface area contributed by atoms with E-state index in [1.807, 2.05) is 24.3 Å². The van der Waals surface area contributed by atoms with Crippen LogP contribution in [0.4, 0.5) is 10.2 Å². The van der Waals surface area contributed by atoms with Gasteiger partial charge in [-0.1, -0.05) is 30.3 Å². The number of fused-ring (bicyclic) bond motifs is 1. The molecule has 1 amide bonds. The second-order valence-electron chi connectivity index (χ2n) is 5.96. The molecule has 1 aliphatic rings. The number of nitrogens with zero attached hydrogens (tertiary/aromatic N) is 1. The topological polar surface area (TPSA) is 67.0 Å². The number of rotatable bonds is 4. The average molecular weight is 337 g/mol. The number of hydrogen-bond acceptors (Lipinski definition) is 3. The van der Waals surface area contributed by atoms with Crippen molar-refractivity contribution in [2.24, 2.45) is 0 Å². The van der Waals surface area contributed by atoms with Gasteiger partial charge in [0.25, 0.3) is 0 Å². The largest absolute Gasteiger partial charge is 0.489 e. The molecule has 3 aromatic rings. The normalized spacial score (nSPS) is 16.2. The first-order chi connectivity index (χ1) is 12.2. The maximum Gasteiger partial charge on any atom is 0.226 e. The molecule has 0 radical (unpaired) electrons. The number of anilines is 1. The van der Waals surface area contributed by atoms with Crippen LogP contribution in [-0.2, 0) is 11.4 Å². The highest BCUT2D eigenvalue weighted by atomic mass is 19.1. The highest BCUT2D eigenvalue weighted by Gasteiger charge is 2.29. The molecular formula is C19H16FN3O2. The second-order valence-corrected chi connectivity index (χ2v) is 5.96. The molecule has 1 aliphatic heterocycles. The third-order valence-electron chi connectivity index (χ3n) is 4.30. The zero-order chi connectivity index (χ0) is 17.2. The summed E-state index contributed by atoms with van der Waals surface area (Å²) in [5.41, 5.74) is 2.75. The number of amides is 1. The number of hydrogen-bond donors (Lipinski definition) is 2. The van der Waals surface area contributed by atoms with Gasteiger partial charge in [-0.3, -0.25) is 9.89 Å². The Bertz CT molecular complexity index is 905. The number of halogens is 1. The van der Waals surface area contributed by atoms with Crippen molar-refractivity contribution in [3.63, 3.8) is 0 Å². The Morgan fingerprint density at radius 3 is 2.76 bits per heavy atom. The zero-order valence-electron chi connectivity index (χ0n) is 13.3. The number of aromatic nitrogens is 2. The van der Waals surface area contributed by atoms with E-state index in [1.165, 1.54) is 12.1 Å². The fourth-order valence-electron chi connectivity index (χ4n) is 3.06. The van der Waals surface area contributed by atoms with Gasteiger partial charge in [-0.05, 0) is 23.8 Å². The molecule has 0 saturated heterocycles. The predicted octanol–water partition coefficient (Wildman–Crippen LogP) is 3.60. The number of nitrogens with one attached hydrogen (secondary N) is 2. The minimum atomic E-state index is -0.273. The van der Waals surface area contributed by atoms with Gasteiger partial charge in [-0.25, -0.2) is 4.39 Å². The van der Waals surface area contributed by atoms with E-state index in [4.69, 9.17) is 4.74 Å². The molecule has 2 heterocycles. The summed E-state index contributed by atoms with van der Waals surface area (Å²) in [6.45, 7) is 0.328. The molecule has 0 saturated carbocycles. The van der Waals surface area contributed by atoms with Gasteiger partial charge in [0.2, 0.25) is 5.91 Å². The second kappa shape index (κ2) is 6.39. The van der Waals surface area contributed by atoms with Crippen LogP contribution in [0.2, 0.25) is 0 Å². The van der Waals surface area contributed by atoms with Crippen molar-refractivity contribution in [1.29, 1.82) is 0 Å². The molecule has 2 N–H and O–H groups in total. The van der Waals surface area contributed by atoms with E-state index in [0.717, 1.165) is 16.7 Å². The quantitative estimate of drug-likeness (QED) is 0.764. The van der Waals surface area contributed by atoms with Gasteiger partial charge in [-0.15, -0.1) is 0 Å². The summed E-state index contributed by atoms with van der Waals surface area (Å²) in [5, 5.41) is 9.63. The first-order valence-electron chi connectivity index (χ1n) is 8.00. The van der Waals surface area contributed by atoms with Crippen LogP contribution >= 0.6 is 0 Å². The number of aromatic amines is 1. The number of benzene rings is 2. The molecule has 0 bridgehead atoms. The summed E-state index contributed by atoms with van der Waals surface area (Å²) in [4.78, 5) is 12.0. The minimum absolute atomic E-state index is 0.0601. The molecule has 6 heteroatoms. The Morgan fingerprint density at radius 1 is 1.12 bits per heavy atom. The fraction of sp³-hybridized carbons (Fsp3) is 0.158. The number of carbonyl (C=O) groups is 1. The smallest absolute Gasteiger partial charge is 0.226 e. The number of ether oxygens (including phenoxy) is 1. The summed E-state index contributed by atoms with van der Waals surface area (Å²) < 4.78 is 19.0. The molecule has 5 nitrogen and oxygen atoms in total. The fourth-order valence-corrected chi connectivity index (χ4v) is 3.06. The van der Waals surface area contributed by atoms with Gasteiger partial charge >= 0.3 is 0 Å². The van der Waals surface area contributed by atoms with Gasteiger partial charge < -0.3 is 10.1 Å². The highest BCUT2D eigenvalue weighted by Crippen LogP contribution is 2.39. The van der Waals surface area contributed by atoms with E-state index in [2.05, 4.69) is 15.5 Å². The first kappa shape index (κ1) is 15.4. The SMILES string of the molecule is O=C1CC(c2ccccc2OCc2ccc(F)cc2)c2cn[nH]c2N1. The van der Waals surface area contributed by atoms with Crippen LogP contribution in [0.25, 0.3) is 0 Å². The Balaban J connectivity index is 1.61. The molecule has 1 aromatic heterocycles. The number of H-pyrrole nitrogens is 1. The van der Waals surface area contributed by atoms with Gasteiger partial charge in [0.1, 0.15) is 24.0 Å². The Labute approximate surface area is 143 Å². The molecule has 1 atom stereocenters. The van der Waals surface area contributed by atoms with E-state index in [9.17, 15) is 9.18 Å². The van der Waals surface area contributed by atoms with E-state index in [0.29, 0.717) is 24.6 Å². The van der Waals surface area contributed by atoms with Gasteiger partial charge in [0, 0.05) is 23.5 Å². The monoisotopic (exact) mass is 337 g/mol. The molecular weight excluding hydrogens is 321 g/mol. The zero-order valence-corrected chi connectivity index (χ0v) is 13.3. The summed E-state index contributed by atoms with van der Waals surface area (Å²) in [6, 6.07) is 13.9. The molecule has 0 fully saturated rings. The lowest BCUT2D eigenvalue weighted by molar-refractivity contribution is -0.116. The molecule has 126 valence electrons. The molecule has 0 spiro atoms. The van der Waals surface area contributed by atoms with Gasteiger partial charge in [0.05, 0.1) is 6.20 Å². The summed E-state index contributed by atoms with van der Waals surface area (Å²) >= 11 is 0. The maximum absolute atomic E-state index is 13.0. The summed E-state index contributed by atoms with van der Waals surface area (Å²) in [5.74, 6) is 0.889. The molecule has 0 aliphatic carbocycles. The van der Waals surface area contributed by atoms with Crippen molar-refractivity contribution in [3.8, 4) is 5.75 Å². The minimum Gasteiger partial charge on any atom is -0.489 e. The lowest BCUT2D eigenvalue weighted by Gasteiger charge is -2.24. The van der Waals surface area contributed by atoms with Crippen LogP contribution in [0.5, 0.6) is 5.75 Å². The maximum atomic E-state index is 13.0. The number of carbonyl (C=O) groups excluding carboxylic acids is 1.